The number of amides is 3. The number of halogens is 1. The van der Waals surface area contributed by atoms with Gasteiger partial charge in [0, 0.05) is 33.7 Å². The number of nitrogens with one attached hydrogen (secondary N) is 1. The summed E-state index contributed by atoms with van der Waals surface area (Å²) in [4.78, 5) is 27.7. The average molecular weight is 377 g/mol. The summed E-state index contributed by atoms with van der Waals surface area (Å²) in [7, 11) is 3.44. The Morgan fingerprint density at radius 2 is 1.96 bits per heavy atom. The molecular formula is C20H28FN3O3. The SMILES string of the molecule is CN(C)C(=O)C1CCC(CNC(=O)N2CCC(Cc3ccc(F)cc3)C2)O1. The molecule has 27 heavy (non-hydrogen) atoms. The third-order valence-electron chi connectivity index (χ3n) is 5.32. The molecule has 2 aliphatic rings. The van der Waals surface area contributed by atoms with E-state index in [-0.39, 0.29) is 23.9 Å². The molecule has 2 fully saturated rings. The Balaban J connectivity index is 1.39. The number of benzene rings is 1. The number of carbonyl (C=O) groups excluding carboxylic acids is 2. The second-order valence-electron chi connectivity index (χ2n) is 7.67. The van der Waals surface area contributed by atoms with Crippen molar-refractivity contribution in [3.63, 3.8) is 0 Å². The lowest BCUT2D eigenvalue weighted by Crippen LogP contribution is -2.42. The Kier molecular flexibility index (Phi) is 6.31. The zero-order chi connectivity index (χ0) is 19.4. The topological polar surface area (TPSA) is 61.9 Å². The molecule has 0 saturated carbocycles. The van der Waals surface area contributed by atoms with Crippen molar-refractivity contribution in [3.05, 3.63) is 35.6 Å². The lowest BCUT2D eigenvalue weighted by Gasteiger charge is -2.20. The molecule has 3 unspecified atom stereocenters. The third-order valence-corrected chi connectivity index (χ3v) is 5.32. The summed E-state index contributed by atoms with van der Waals surface area (Å²) in [5.74, 6) is 0.146. The number of nitrogens with zero attached hydrogens (tertiary/aromatic N) is 2. The number of rotatable bonds is 5. The fourth-order valence-corrected chi connectivity index (χ4v) is 3.78. The van der Waals surface area contributed by atoms with Gasteiger partial charge in [-0.15, -0.1) is 0 Å². The fraction of sp³-hybridized carbons (Fsp3) is 0.600. The standard InChI is InChI=1S/C20H28FN3O3/c1-23(2)19(25)18-8-7-17(27-18)12-22-20(26)24-10-9-15(13-24)11-14-3-5-16(21)6-4-14/h3-6,15,17-18H,7-13H2,1-2H3,(H,22,26). The number of likely N-dealkylation sites (N-methyl/N-ethyl adjacent to an activating group) is 1. The molecule has 3 atom stereocenters. The van der Waals surface area contributed by atoms with Crippen LogP contribution in [0.15, 0.2) is 24.3 Å². The van der Waals surface area contributed by atoms with Gasteiger partial charge >= 0.3 is 6.03 Å². The zero-order valence-corrected chi connectivity index (χ0v) is 16.0. The first-order valence-corrected chi connectivity index (χ1v) is 9.56. The van der Waals surface area contributed by atoms with E-state index in [0.29, 0.717) is 25.4 Å². The highest BCUT2D eigenvalue weighted by Crippen LogP contribution is 2.22. The van der Waals surface area contributed by atoms with Gasteiger partial charge in [-0.1, -0.05) is 12.1 Å². The van der Waals surface area contributed by atoms with Gasteiger partial charge in [-0.2, -0.15) is 0 Å². The molecule has 3 rings (SSSR count). The molecular weight excluding hydrogens is 349 g/mol. The first kappa shape index (κ1) is 19.6. The second-order valence-corrected chi connectivity index (χ2v) is 7.67. The van der Waals surface area contributed by atoms with E-state index in [2.05, 4.69) is 5.32 Å². The van der Waals surface area contributed by atoms with Crippen molar-refractivity contribution in [2.75, 3.05) is 33.7 Å². The van der Waals surface area contributed by atoms with Crippen molar-refractivity contribution in [2.24, 2.45) is 5.92 Å². The van der Waals surface area contributed by atoms with Crippen LogP contribution in [0.1, 0.15) is 24.8 Å². The van der Waals surface area contributed by atoms with Gasteiger partial charge in [-0.3, -0.25) is 4.79 Å². The average Bonchev–Trinajstić information content (AvgIpc) is 3.30. The maximum atomic E-state index is 13.0. The molecule has 2 saturated heterocycles. The van der Waals surface area contributed by atoms with Crippen molar-refractivity contribution in [1.82, 2.24) is 15.1 Å². The Labute approximate surface area is 159 Å². The van der Waals surface area contributed by atoms with E-state index >= 15 is 0 Å². The van der Waals surface area contributed by atoms with Gasteiger partial charge < -0.3 is 19.9 Å². The van der Waals surface area contributed by atoms with E-state index < -0.39 is 6.10 Å². The number of urea groups is 1. The van der Waals surface area contributed by atoms with Gasteiger partial charge in [0.25, 0.3) is 5.91 Å². The molecule has 2 heterocycles. The summed E-state index contributed by atoms with van der Waals surface area (Å²) in [6, 6.07) is 6.49. The minimum atomic E-state index is -0.395. The van der Waals surface area contributed by atoms with Crippen molar-refractivity contribution >= 4 is 11.9 Å². The molecule has 0 spiro atoms. The van der Waals surface area contributed by atoms with Crippen LogP contribution in [0.5, 0.6) is 0 Å². The minimum Gasteiger partial charge on any atom is -0.363 e. The summed E-state index contributed by atoms with van der Waals surface area (Å²) < 4.78 is 18.7. The van der Waals surface area contributed by atoms with Gasteiger partial charge in [0.15, 0.2) is 0 Å². The summed E-state index contributed by atoms with van der Waals surface area (Å²) in [6.07, 6.45) is 2.77. The number of hydrogen-bond donors (Lipinski definition) is 1. The Bertz CT molecular complexity index is 665. The molecule has 0 bridgehead atoms. The van der Waals surface area contributed by atoms with E-state index in [4.69, 9.17) is 4.74 Å². The molecule has 3 amide bonds. The van der Waals surface area contributed by atoms with E-state index in [9.17, 15) is 14.0 Å². The van der Waals surface area contributed by atoms with Crippen LogP contribution in [-0.4, -0.2) is 67.7 Å². The van der Waals surface area contributed by atoms with Crippen molar-refractivity contribution < 1.29 is 18.7 Å². The van der Waals surface area contributed by atoms with E-state index in [1.165, 1.54) is 17.0 Å². The van der Waals surface area contributed by atoms with Crippen LogP contribution >= 0.6 is 0 Å². The van der Waals surface area contributed by atoms with Crippen LogP contribution in [0.4, 0.5) is 9.18 Å². The molecule has 0 radical (unpaired) electrons. The summed E-state index contributed by atoms with van der Waals surface area (Å²) >= 11 is 0. The Morgan fingerprint density at radius 1 is 1.22 bits per heavy atom. The highest BCUT2D eigenvalue weighted by molar-refractivity contribution is 5.80. The van der Waals surface area contributed by atoms with Crippen LogP contribution in [0, 0.1) is 11.7 Å². The fourth-order valence-electron chi connectivity index (χ4n) is 3.78. The van der Waals surface area contributed by atoms with Gasteiger partial charge in [0.05, 0.1) is 6.10 Å². The zero-order valence-electron chi connectivity index (χ0n) is 16.0. The third kappa shape index (κ3) is 5.19. The predicted octanol–water partition coefficient (Wildman–Crippen LogP) is 2.04. The normalized spacial score (nSPS) is 24.9. The molecule has 2 aliphatic heterocycles. The van der Waals surface area contributed by atoms with Gasteiger partial charge in [-0.25, -0.2) is 9.18 Å². The molecule has 6 nitrogen and oxygen atoms in total. The minimum absolute atomic E-state index is 0.0213. The monoisotopic (exact) mass is 377 g/mol. The molecule has 1 N–H and O–H groups in total. The molecule has 1 aromatic rings. The van der Waals surface area contributed by atoms with Crippen molar-refractivity contribution in [1.29, 1.82) is 0 Å². The van der Waals surface area contributed by atoms with E-state index in [0.717, 1.165) is 31.4 Å². The van der Waals surface area contributed by atoms with Crippen molar-refractivity contribution in [3.8, 4) is 0 Å². The summed E-state index contributed by atoms with van der Waals surface area (Å²) in [5.41, 5.74) is 1.10. The van der Waals surface area contributed by atoms with Crippen LogP contribution < -0.4 is 5.32 Å². The van der Waals surface area contributed by atoms with Crippen LogP contribution in [0.3, 0.4) is 0 Å². The summed E-state index contributed by atoms with van der Waals surface area (Å²) in [5, 5.41) is 2.93. The smallest absolute Gasteiger partial charge is 0.317 e. The van der Waals surface area contributed by atoms with Gasteiger partial charge in [0.1, 0.15) is 11.9 Å². The maximum absolute atomic E-state index is 13.0. The second kappa shape index (κ2) is 8.69. The van der Waals surface area contributed by atoms with Gasteiger partial charge in [-0.05, 0) is 49.3 Å². The summed E-state index contributed by atoms with van der Waals surface area (Å²) in [6.45, 7) is 1.86. The number of likely N-dealkylation sites (tertiary alicyclic amines) is 1. The highest BCUT2D eigenvalue weighted by atomic mass is 19.1. The largest absolute Gasteiger partial charge is 0.363 e. The molecule has 7 heteroatoms. The lowest BCUT2D eigenvalue weighted by molar-refractivity contribution is -0.140. The molecule has 0 aromatic heterocycles. The number of ether oxygens (including phenoxy) is 1. The maximum Gasteiger partial charge on any atom is 0.317 e. The number of carbonyl (C=O) groups is 2. The first-order chi connectivity index (χ1) is 12.9. The van der Waals surface area contributed by atoms with E-state index in [1.54, 1.807) is 26.2 Å². The lowest BCUT2D eigenvalue weighted by atomic mass is 9.99. The van der Waals surface area contributed by atoms with E-state index in [1.807, 2.05) is 4.90 Å². The Hall–Kier alpha value is -2.15. The van der Waals surface area contributed by atoms with Crippen LogP contribution in [0.2, 0.25) is 0 Å². The van der Waals surface area contributed by atoms with Crippen LogP contribution in [-0.2, 0) is 16.0 Å². The molecule has 148 valence electrons. The van der Waals surface area contributed by atoms with Gasteiger partial charge in [0.2, 0.25) is 0 Å². The Morgan fingerprint density at radius 3 is 2.67 bits per heavy atom. The first-order valence-electron chi connectivity index (χ1n) is 9.56. The van der Waals surface area contributed by atoms with Crippen molar-refractivity contribution in [2.45, 2.75) is 37.9 Å². The van der Waals surface area contributed by atoms with Crippen LogP contribution in [0.25, 0.3) is 0 Å². The molecule has 1 aromatic carbocycles. The molecule has 0 aliphatic carbocycles. The number of hydrogen-bond acceptors (Lipinski definition) is 3. The quantitative estimate of drug-likeness (QED) is 0.854. The highest BCUT2D eigenvalue weighted by Gasteiger charge is 2.32. The predicted molar refractivity (Wildman–Crippen MR) is 99.8 cm³/mol.